The molecule has 0 saturated carbocycles. The van der Waals surface area contributed by atoms with E-state index in [1.807, 2.05) is 26.8 Å². The third kappa shape index (κ3) is 6.61. The summed E-state index contributed by atoms with van der Waals surface area (Å²) in [7, 11) is 0. The normalized spacial score (nSPS) is 10.6. The molecule has 1 amide bonds. The molecule has 0 aliphatic carbocycles. The monoisotopic (exact) mass is 417 g/mol. The van der Waals surface area contributed by atoms with Crippen LogP contribution in [0.3, 0.4) is 0 Å². The Hall–Kier alpha value is -2.86. The second kappa shape index (κ2) is 10.1. The van der Waals surface area contributed by atoms with E-state index in [4.69, 9.17) is 21.1 Å². The number of hydrogen-bond donors (Lipinski definition) is 1. The minimum atomic E-state index is -0.643. The smallest absolute Gasteiger partial charge is 0.344 e. The van der Waals surface area contributed by atoms with Crippen molar-refractivity contribution in [3.05, 3.63) is 58.1 Å². The van der Waals surface area contributed by atoms with E-state index in [-0.39, 0.29) is 24.2 Å². The Labute approximate surface area is 175 Å². The van der Waals surface area contributed by atoms with Crippen molar-refractivity contribution in [2.45, 2.75) is 33.6 Å². The van der Waals surface area contributed by atoms with Crippen molar-refractivity contribution in [3.63, 3.8) is 0 Å². The van der Waals surface area contributed by atoms with Gasteiger partial charge in [0.25, 0.3) is 0 Å². The van der Waals surface area contributed by atoms with Crippen LogP contribution in [0.25, 0.3) is 0 Å². The Morgan fingerprint density at radius 2 is 1.72 bits per heavy atom. The number of nitrogens with one attached hydrogen (secondary N) is 1. The summed E-state index contributed by atoms with van der Waals surface area (Å²) in [6.45, 7) is 6.56. The third-order valence-corrected chi connectivity index (χ3v) is 4.56. The number of ether oxygens (including phenoxy) is 2. The Morgan fingerprint density at radius 1 is 1.07 bits per heavy atom. The molecule has 0 spiro atoms. The van der Waals surface area contributed by atoms with Gasteiger partial charge in [-0.15, -0.1) is 0 Å². The van der Waals surface area contributed by atoms with Crippen molar-refractivity contribution >= 4 is 34.9 Å². The molecule has 2 aromatic rings. The molecular weight excluding hydrogens is 394 g/mol. The van der Waals surface area contributed by atoms with Gasteiger partial charge in [0.05, 0.1) is 0 Å². The molecule has 0 unspecified atom stereocenters. The van der Waals surface area contributed by atoms with Gasteiger partial charge in [-0.25, -0.2) is 4.79 Å². The average Bonchev–Trinajstić information content (AvgIpc) is 2.66. The number of ketones is 1. The predicted molar refractivity (Wildman–Crippen MR) is 112 cm³/mol. The molecule has 2 rings (SSSR count). The molecule has 2 aromatic carbocycles. The number of anilines is 1. The van der Waals surface area contributed by atoms with E-state index in [0.29, 0.717) is 22.0 Å². The summed E-state index contributed by atoms with van der Waals surface area (Å²) in [6, 6.07) is 9.95. The summed E-state index contributed by atoms with van der Waals surface area (Å²) in [5.41, 5.74) is 2.70. The quantitative estimate of drug-likeness (QED) is 0.504. The maximum atomic E-state index is 12.2. The number of hydrogen-bond acceptors (Lipinski definition) is 5. The zero-order valence-corrected chi connectivity index (χ0v) is 17.6. The van der Waals surface area contributed by atoms with Crippen molar-refractivity contribution in [3.8, 4) is 5.75 Å². The Bertz CT molecular complexity index is 906. The summed E-state index contributed by atoms with van der Waals surface area (Å²) in [5.74, 6) is -0.456. The first-order valence-corrected chi connectivity index (χ1v) is 9.54. The minimum Gasteiger partial charge on any atom is -0.482 e. The SMILES string of the molecule is CC(=O)Nc1ccc(C(=O)COC(=O)COc2cc(C)c(Cl)cc2C(C)C)cc1. The van der Waals surface area contributed by atoms with Crippen LogP contribution in [0.1, 0.15) is 48.2 Å². The fourth-order valence-corrected chi connectivity index (χ4v) is 2.77. The lowest BCUT2D eigenvalue weighted by Gasteiger charge is -2.15. The van der Waals surface area contributed by atoms with Gasteiger partial charge >= 0.3 is 5.97 Å². The van der Waals surface area contributed by atoms with E-state index in [1.54, 1.807) is 30.3 Å². The van der Waals surface area contributed by atoms with Crippen LogP contribution in [0.15, 0.2) is 36.4 Å². The number of Topliss-reactive ketones (excluding diaryl/α,β-unsaturated/α-hetero) is 1. The topological polar surface area (TPSA) is 81.7 Å². The summed E-state index contributed by atoms with van der Waals surface area (Å²) < 4.78 is 10.6. The number of esters is 1. The molecule has 7 heteroatoms. The molecule has 0 aromatic heterocycles. The van der Waals surface area contributed by atoms with Gasteiger partial charge in [0.2, 0.25) is 5.91 Å². The summed E-state index contributed by atoms with van der Waals surface area (Å²) in [4.78, 5) is 35.2. The molecule has 1 N–H and O–H groups in total. The van der Waals surface area contributed by atoms with E-state index in [9.17, 15) is 14.4 Å². The summed E-state index contributed by atoms with van der Waals surface area (Å²) in [6.07, 6.45) is 0. The van der Waals surface area contributed by atoms with Crippen LogP contribution in [0.5, 0.6) is 5.75 Å². The molecule has 0 heterocycles. The van der Waals surface area contributed by atoms with Crippen molar-refractivity contribution in [1.82, 2.24) is 0 Å². The molecule has 0 fully saturated rings. The summed E-state index contributed by atoms with van der Waals surface area (Å²) >= 11 is 6.16. The summed E-state index contributed by atoms with van der Waals surface area (Å²) in [5, 5.41) is 3.25. The van der Waals surface area contributed by atoms with E-state index in [1.165, 1.54) is 6.92 Å². The van der Waals surface area contributed by atoms with Gasteiger partial charge in [-0.2, -0.15) is 0 Å². The van der Waals surface area contributed by atoms with Gasteiger partial charge in [0.1, 0.15) is 5.75 Å². The van der Waals surface area contributed by atoms with E-state index >= 15 is 0 Å². The fourth-order valence-electron chi connectivity index (χ4n) is 2.60. The number of benzene rings is 2. The fraction of sp³-hybridized carbons (Fsp3) is 0.318. The van der Waals surface area contributed by atoms with Crippen LogP contribution < -0.4 is 10.1 Å². The first kappa shape index (κ1) is 22.4. The van der Waals surface area contributed by atoms with Crippen molar-refractivity contribution in [1.29, 1.82) is 0 Å². The first-order valence-electron chi connectivity index (χ1n) is 9.16. The Morgan fingerprint density at radius 3 is 2.31 bits per heavy atom. The molecule has 154 valence electrons. The third-order valence-electron chi connectivity index (χ3n) is 4.15. The second-order valence-corrected chi connectivity index (χ2v) is 7.33. The van der Waals surface area contributed by atoms with Gasteiger partial charge in [-0.3, -0.25) is 9.59 Å². The molecule has 0 atom stereocenters. The number of carbonyl (C=O) groups excluding carboxylic acids is 3. The standard InChI is InChI=1S/C22H24ClNO5/c1-13(2)18-10-19(23)14(3)9-21(18)28-12-22(27)29-11-20(26)16-5-7-17(8-6-16)24-15(4)25/h5-10,13H,11-12H2,1-4H3,(H,24,25). The number of rotatable bonds is 8. The average molecular weight is 418 g/mol. The lowest BCUT2D eigenvalue weighted by Crippen LogP contribution is -2.20. The van der Waals surface area contributed by atoms with Crippen molar-refractivity contribution in [2.75, 3.05) is 18.5 Å². The molecule has 0 aliphatic rings. The molecule has 0 bridgehead atoms. The zero-order chi connectivity index (χ0) is 21.6. The van der Waals surface area contributed by atoms with E-state index in [2.05, 4.69) is 5.32 Å². The predicted octanol–water partition coefficient (Wildman–Crippen LogP) is 4.54. The van der Waals surface area contributed by atoms with Gasteiger partial charge in [0.15, 0.2) is 19.0 Å². The van der Waals surface area contributed by atoms with Crippen LogP contribution in [-0.2, 0) is 14.3 Å². The zero-order valence-electron chi connectivity index (χ0n) is 16.9. The number of amides is 1. The minimum absolute atomic E-state index is 0.168. The maximum absolute atomic E-state index is 12.2. The highest BCUT2D eigenvalue weighted by Gasteiger charge is 2.15. The molecule has 29 heavy (non-hydrogen) atoms. The maximum Gasteiger partial charge on any atom is 0.344 e. The second-order valence-electron chi connectivity index (χ2n) is 6.92. The largest absolute Gasteiger partial charge is 0.482 e. The lowest BCUT2D eigenvalue weighted by molar-refractivity contribution is -0.144. The molecule has 0 radical (unpaired) electrons. The Kier molecular flexibility index (Phi) is 7.79. The van der Waals surface area contributed by atoms with Crippen molar-refractivity contribution < 1.29 is 23.9 Å². The molecular formula is C22H24ClNO5. The van der Waals surface area contributed by atoms with Crippen LogP contribution >= 0.6 is 11.6 Å². The number of aryl methyl sites for hydroxylation is 1. The van der Waals surface area contributed by atoms with Gasteiger partial charge < -0.3 is 14.8 Å². The van der Waals surface area contributed by atoms with Crippen LogP contribution in [-0.4, -0.2) is 30.9 Å². The van der Waals surface area contributed by atoms with Gasteiger partial charge in [-0.1, -0.05) is 25.4 Å². The number of halogens is 1. The molecule has 0 saturated heterocycles. The highest BCUT2D eigenvalue weighted by atomic mass is 35.5. The number of carbonyl (C=O) groups is 3. The van der Waals surface area contributed by atoms with Crippen LogP contribution in [0.2, 0.25) is 5.02 Å². The van der Waals surface area contributed by atoms with E-state index in [0.717, 1.165) is 11.1 Å². The Balaban J connectivity index is 1.89. The van der Waals surface area contributed by atoms with Crippen molar-refractivity contribution in [2.24, 2.45) is 0 Å². The van der Waals surface area contributed by atoms with E-state index < -0.39 is 12.6 Å². The molecule has 6 nitrogen and oxygen atoms in total. The van der Waals surface area contributed by atoms with Gasteiger partial charge in [-0.05, 0) is 60.4 Å². The van der Waals surface area contributed by atoms with Crippen LogP contribution in [0, 0.1) is 6.92 Å². The molecule has 0 aliphatic heterocycles. The van der Waals surface area contributed by atoms with Gasteiger partial charge in [0, 0.05) is 23.2 Å². The van der Waals surface area contributed by atoms with Crippen LogP contribution in [0.4, 0.5) is 5.69 Å². The first-order chi connectivity index (χ1) is 13.7. The lowest BCUT2D eigenvalue weighted by atomic mass is 10.0. The highest BCUT2D eigenvalue weighted by molar-refractivity contribution is 6.31. The highest BCUT2D eigenvalue weighted by Crippen LogP contribution is 2.32.